The number of hydrazine groups is 1. The first-order chi connectivity index (χ1) is 6.59. The van der Waals surface area contributed by atoms with E-state index in [1.54, 1.807) is 5.01 Å². The van der Waals surface area contributed by atoms with Crippen molar-refractivity contribution in [1.29, 1.82) is 0 Å². The number of rotatable bonds is 1. The number of nitrogens with zero attached hydrogens (tertiary/aromatic N) is 1. The molecule has 0 saturated carbocycles. The summed E-state index contributed by atoms with van der Waals surface area (Å²) in [7, 11) is 0. The molecule has 0 aliphatic carbocycles. The number of para-hydroxylation sites is 1. The van der Waals surface area contributed by atoms with Gasteiger partial charge in [0.2, 0.25) is 0 Å². The van der Waals surface area contributed by atoms with E-state index in [-0.39, 0.29) is 12.5 Å². The maximum absolute atomic E-state index is 11.3. The van der Waals surface area contributed by atoms with Crippen molar-refractivity contribution in [3.05, 3.63) is 30.3 Å². The van der Waals surface area contributed by atoms with Gasteiger partial charge in [-0.3, -0.25) is 15.2 Å². The SMILES string of the molecule is CC1(O)CN(c2ccccc2)NC1=O. The lowest BCUT2D eigenvalue weighted by Crippen LogP contribution is -2.36. The third-order valence-electron chi connectivity index (χ3n) is 2.26. The molecule has 1 fully saturated rings. The molecule has 14 heavy (non-hydrogen) atoms. The summed E-state index contributed by atoms with van der Waals surface area (Å²) in [5.74, 6) is -0.360. The second-order valence-corrected chi connectivity index (χ2v) is 3.64. The zero-order chi connectivity index (χ0) is 10.2. The summed E-state index contributed by atoms with van der Waals surface area (Å²) in [6.45, 7) is 1.78. The van der Waals surface area contributed by atoms with Crippen LogP contribution < -0.4 is 10.4 Å². The van der Waals surface area contributed by atoms with Gasteiger partial charge < -0.3 is 5.11 Å². The largest absolute Gasteiger partial charge is 0.378 e. The lowest BCUT2D eigenvalue weighted by molar-refractivity contribution is -0.132. The van der Waals surface area contributed by atoms with E-state index in [0.29, 0.717) is 0 Å². The van der Waals surface area contributed by atoms with Crippen molar-refractivity contribution in [2.45, 2.75) is 12.5 Å². The second-order valence-electron chi connectivity index (χ2n) is 3.64. The van der Waals surface area contributed by atoms with Gasteiger partial charge in [0.05, 0.1) is 12.2 Å². The molecule has 4 nitrogen and oxygen atoms in total. The van der Waals surface area contributed by atoms with E-state index >= 15 is 0 Å². The molecule has 2 N–H and O–H groups in total. The molecule has 0 bridgehead atoms. The number of benzene rings is 1. The Morgan fingerprint density at radius 1 is 1.43 bits per heavy atom. The number of β-amino-alcohol motifs (C(OH)–C–C–N with tert-alkyl or cyclic N) is 1. The molecule has 2 rings (SSSR count). The van der Waals surface area contributed by atoms with E-state index in [9.17, 15) is 9.90 Å². The van der Waals surface area contributed by atoms with Gasteiger partial charge in [0.1, 0.15) is 0 Å². The average Bonchev–Trinajstić information content (AvgIpc) is 2.43. The zero-order valence-electron chi connectivity index (χ0n) is 7.90. The summed E-state index contributed by atoms with van der Waals surface area (Å²) in [6, 6.07) is 9.42. The van der Waals surface area contributed by atoms with Crippen molar-refractivity contribution < 1.29 is 9.90 Å². The number of carbonyl (C=O) groups is 1. The molecular formula is C10H12N2O2. The molecule has 1 saturated heterocycles. The smallest absolute Gasteiger partial charge is 0.272 e. The molecule has 1 aromatic carbocycles. The minimum atomic E-state index is -1.30. The molecule has 1 aromatic rings. The van der Waals surface area contributed by atoms with Crippen LogP contribution in [0.3, 0.4) is 0 Å². The van der Waals surface area contributed by atoms with Crippen LogP contribution in [0.2, 0.25) is 0 Å². The quantitative estimate of drug-likeness (QED) is 0.672. The standard InChI is InChI=1S/C10H12N2O2/c1-10(14)7-12(11-9(10)13)8-5-3-2-4-6-8/h2-6,14H,7H2,1H3,(H,11,13). The van der Waals surface area contributed by atoms with Crippen LogP contribution >= 0.6 is 0 Å². The monoisotopic (exact) mass is 192 g/mol. The van der Waals surface area contributed by atoms with Crippen molar-refractivity contribution in [1.82, 2.24) is 5.43 Å². The number of aliphatic hydroxyl groups is 1. The minimum Gasteiger partial charge on any atom is -0.378 e. The molecule has 0 spiro atoms. The molecule has 1 amide bonds. The van der Waals surface area contributed by atoms with E-state index < -0.39 is 5.60 Å². The van der Waals surface area contributed by atoms with Gasteiger partial charge in [0.25, 0.3) is 5.91 Å². The summed E-state index contributed by atoms with van der Waals surface area (Å²) in [5, 5.41) is 11.3. The molecule has 1 unspecified atom stereocenters. The highest BCUT2D eigenvalue weighted by Gasteiger charge is 2.40. The number of anilines is 1. The van der Waals surface area contributed by atoms with Crippen molar-refractivity contribution in [3.63, 3.8) is 0 Å². The highest BCUT2D eigenvalue weighted by molar-refractivity contribution is 5.89. The Hall–Kier alpha value is -1.55. The third-order valence-corrected chi connectivity index (χ3v) is 2.26. The predicted molar refractivity (Wildman–Crippen MR) is 52.6 cm³/mol. The van der Waals surface area contributed by atoms with Gasteiger partial charge >= 0.3 is 0 Å². The lowest BCUT2D eigenvalue weighted by Gasteiger charge is -2.17. The van der Waals surface area contributed by atoms with Crippen molar-refractivity contribution in [2.75, 3.05) is 11.6 Å². The topological polar surface area (TPSA) is 52.6 Å². The molecule has 4 heteroatoms. The fourth-order valence-electron chi connectivity index (χ4n) is 1.43. The van der Waals surface area contributed by atoms with Crippen molar-refractivity contribution in [2.24, 2.45) is 0 Å². The summed E-state index contributed by atoms with van der Waals surface area (Å²) >= 11 is 0. The van der Waals surface area contributed by atoms with E-state index in [2.05, 4.69) is 5.43 Å². The van der Waals surface area contributed by atoms with Crippen molar-refractivity contribution in [3.8, 4) is 0 Å². The van der Waals surface area contributed by atoms with Crippen LogP contribution in [0.5, 0.6) is 0 Å². The van der Waals surface area contributed by atoms with Gasteiger partial charge in [-0.25, -0.2) is 0 Å². The Balaban J connectivity index is 2.21. The summed E-state index contributed by atoms with van der Waals surface area (Å²) < 4.78 is 0. The average molecular weight is 192 g/mol. The normalized spacial score (nSPS) is 26.4. The molecule has 0 aromatic heterocycles. The second kappa shape index (κ2) is 2.99. The highest BCUT2D eigenvalue weighted by Crippen LogP contribution is 2.20. The van der Waals surface area contributed by atoms with Crippen LogP contribution in [-0.4, -0.2) is 23.2 Å². The maximum Gasteiger partial charge on any atom is 0.272 e. The Labute approximate surface area is 82.1 Å². The van der Waals surface area contributed by atoms with E-state index in [4.69, 9.17) is 0 Å². The molecule has 1 aliphatic heterocycles. The van der Waals surface area contributed by atoms with E-state index in [0.717, 1.165) is 5.69 Å². The van der Waals surface area contributed by atoms with Crippen molar-refractivity contribution >= 4 is 11.6 Å². The predicted octanol–water partition coefficient (Wildman–Crippen LogP) is 0.289. The third kappa shape index (κ3) is 1.44. The minimum absolute atomic E-state index is 0.274. The first-order valence-corrected chi connectivity index (χ1v) is 4.46. The van der Waals surface area contributed by atoms with Crippen LogP contribution in [0, 0.1) is 0 Å². The molecule has 1 heterocycles. The Morgan fingerprint density at radius 2 is 2.07 bits per heavy atom. The molecule has 1 aliphatic rings. The fourth-order valence-corrected chi connectivity index (χ4v) is 1.43. The maximum atomic E-state index is 11.3. The zero-order valence-corrected chi connectivity index (χ0v) is 7.90. The van der Waals surface area contributed by atoms with Gasteiger partial charge in [-0.15, -0.1) is 0 Å². The number of carbonyl (C=O) groups excluding carboxylic acids is 1. The highest BCUT2D eigenvalue weighted by atomic mass is 16.3. The van der Waals surface area contributed by atoms with Gasteiger partial charge in [-0.1, -0.05) is 18.2 Å². The van der Waals surface area contributed by atoms with Gasteiger partial charge in [0.15, 0.2) is 5.60 Å². The Bertz CT molecular complexity index is 348. The van der Waals surface area contributed by atoms with Crippen LogP contribution in [0.1, 0.15) is 6.92 Å². The van der Waals surface area contributed by atoms with E-state index in [1.165, 1.54) is 6.92 Å². The Kier molecular flexibility index (Phi) is 1.93. The summed E-state index contributed by atoms with van der Waals surface area (Å²) in [4.78, 5) is 11.3. The first-order valence-electron chi connectivity index (χ1n) is 4.46. The molecule has 0 radical (unpaired) electrons. The van der Waals surface area contributed by atoms with Crippen LogP contribution in [-0.2, 0) is 4.79 Å². The fraction of sp³-hybridized carbons (Fsp3) is 0.300. The first kappa shape index (κ1) is 9.02. The molecule has 74 valence electrons. The number of amides is 1. The summed E-state index contributed by atoms with van der Waals surface area (Å²) in [6.07, 6.45) is 0. The van der Waals surface area contributed by atoms with Crippen LogP contribution in [0.15, 0.2) is 30.3 Å². The van der Waals surface area contributed by atoms with Crippen LogP contribution in [0.25, 0.3) is 0 Å². The number of nitrogens with one attached hydrogen (secondary N) is 1. The molecule has 1 atom stereocenters. The Morgan fingerprint density at radius 3 is 2.57 bits per heavy atom. The van der Waals surface area contributed by atoms with E-state index in [1.807, 2.05) is 30.3 Å². The number of hydrogen-bond donors (Lipinski definition) is 2. The number of hydrogen-bond acceptors (Lipinski definition) is 3. The van der Waals surface area contributed by atoms with Gasteiger partial charge in [-0.2, -0.15) is 0 Å². The molecular weight excluding hydrogens is 180 g/mol. The van der Waals surface area contributed by atoms with Gasteiger partial charge in [0, 0.05) is 0 Å². The lowest BCUT2D eigenvalue weighted by atomic mass is 10.1. The summed E-state index contributed by atoms with van der Waals surface area (Å²) in [5.41, 5.74) is 2.18. The van der Waals surface area contributed by atoms with Crippen LogP contribution in [0.4, 0.5) is 5.69 Å². The van der Waals surface area contributed by atoms with Gasteiger partial charge in [-0.05, 0) is 19.1 Å².